The first-order chi connectivity index (χ1) is 9.26. The highest BCUT2D eigenvalue weighted by molar-refractivity contribution is 5.78. The van der Waals surface area contributed by atoms with Gasteiger partial charge in [0.1, 0.15) is 11.9 Å². The number of aromatic nitrogens is 1. The molecule has 2 aliphatic heterocycles. The van der Waals surface area contributed by atoms with Gasteiger partial charge in [-0.2, -0.15) is 5.26 Å². The van der Waals surface area contributed by atoms with Gasteiger partial charge in [-0.25, -0.2) is 4.98 Å². The van der Waals surface area contributed by atoms with Crippen LogP contribution in [-0.2, 0) is 4.79 Å². The van der Waals surface area contributed by atoms with Crippen molar-refractivity contribution in [3.63, 3.8) is 0 Å². The van der Waals surface area contributed by atoms with Gasteiger partial charge in [0.2, 0.25) is 5.91 Å². The second-order valence-electron chi connectivity index (χ2n) is 4.90. The third-order valence-electron chi connectivity index (χ3n) is 3.65. The van der Waals surface area contributed by atoms with Crippen molar-refractivity contribution in [1.29, 1.82) is 5.26 Å². The van der Waals surface area contributed by atoms with Crippen molar-refractivity contribution in [1.82, 2.24) is 15.2 Å². The van der Waals surface area contributed by atoms with Crippen molar-refractivity contribution in [3.05, 3.63) is 23.9 Å². The molecule has 0 atom stereocenters. The Morgan fingerprint density at radius 3 is 2.89 bits per heavy atom. The molecule has 1 N–H and O–H groups in total. The highest BCUT2D eigenvalue weighted by atomic mass is 16.2. The Labute approximate surface area is 111 Å². The van der Waals surface area contributed by atoms with Crippen LogP contribution in [0.4, 0.5) is 5.82 Å². The monoisotopic (exact) mass is 257 g/mol. The van der Waals surface area contributed by atoms with Crippen LogP contribution in [0.5, 0.6) is 0 Å². The number of pyridine rings is 1. The zero-order valence-corrected chi connectivity index (χ0v) is 10.5. The Kier molecular flexibility index (Phi) is 3.05. The first-order valence-electron chi connectivity index (χ1n) is 6.38. The lowest BCUT2D eigenvalue weighted by atomic mass is 10.1. The van der Waals surface area contributed by atoms with E-state index in [9.17, 15) is 4.79 Å². The summed E-state index contributed by atoms with van der Waals surface area (Å²) in [5.74, 6) is 1.01. The molecular formula is C13H15N5O. The van der Waals surface area contributed by atoms with Gasteiger partial charge in [0.15, 0.2) is 0 Å². The molecule has 0 bridgehead atoms. The normalized spacial score (nSPS) is 20.6. The maximum atomic E-state index is 11.3. The number of hydrogen-bond acceptors (Lipinski definition) is 5. The molecule has 2 aliphatic rings. The highest BCUT2D eigenvalue weighted by Gasteiger charge is 2.34. The van der Waals surface area contributed by atoms with E-state index in [1.54, 1.807) is 12.3 Å². The van der Waals surface area contributed by atoms with Gasteiger partial charge in [0.05, 0.1) is 12.1 Å². The average molecular weight is 257 g/mol. The lowest BCUT2D eigenvalue weighted by molar-refractivity contribution is -0.125. The molecular weight excluding hydrogens is 242 g/mol. The summed E-state index contributed by atoms with van der Waals surface area (Å²) in [6.07, 6.45) is 1.59. The van der Waals surface area contributed by atoms with E-state index >= 15 is 0 Å². The third-order valence-corrected chi connectivity index (χ3v) is 3.65. The Balaban J connectivity index is 1.57. The minimum Gasteiger partial charge on any atom is -0.354 e. The van der Waals surface area contributed by atoms with Gasteiger partial charge >= 0.3 is 0 Å². The van der Waals surface area contributed by atoms with E-state index in [0.29, 0.717) is 18.2 Å². The topological polar surface area (TPSA) is 72.3 Å². The first-order valence-corrected chi connectivity index (χ1v) is 6.38. The van der Waals surface area contributed by atoms with Gasteiger partial charge in [-0.15, -0.1) is 0 Å². The quantitative estimate of drug-likeness (QED) is 0.778. The minimum absolute atomic E-state index is 0.112. The van der Waals surface area contributed by atoms with Crippen molar-refractivity contribution in [2.75, 3.05) is 37.6 Å². The van der Waals surface area contributed by atoms with Gasteiger partial charge in [-0.1, -0.05) is 0 Å². The number of piperazine rings is 1. The maximum absolute atomic E-state index is 11.3. The molecule has 3 rings (SSSR count). The summed E-state index contributed by atoms with van der Waals surface area (Å²) in [7, 11) is 0. The number of anilines is 1. The molecule has 19 heavy (non-hydrogen) atoms. The molecule has 98 valence electrons. The van der Waals surface area contributed by atoms with Crippen LogP contribution in [0.15, 0.2) is 18.3 Å². The Morgan fingerprint density at radius 1 is 1.42 bits per heavy atom. The molecule has 3 heterocycles. The third kappa shape index (κ3) is 2.37. The van der Waals surface area contributed by atoms with E-state index in [4.69, 9.17) is 5.26 Å². The molecule has 0 radical (unpaired) electrons. The van der Waals surface area contributed by atoms with Crippen molar-refractivity contribution in [2.45, 2.75) is 6.04 Å². The molecule has 1 aromatic heterocycles. The summed E-state index contributed by atoms with van der Waals surface area (Å²) in [5.41, 5.74) is 0.577. The van der Waals surface area contributed by atoms with Crippen LogP contribution in [-0.4, -0.2) is 54.6 Å². The van der Waals surface area contributed by atoms with Crippen molar-refractivity contribution >= 4 is 11.7 Å². The molecule has 0 spiro atoms. The summed E-state index contributed by atoms with van der Waals surface area (Å²) >= 11 is 0. The molecule has 6 nitrogen and oxygen atoms in total. The number of amides is 1. The van der Waals surface area contributed by atoms with Crippen LogP contribution in [0.25, 0.3) is 0 Å². The van der Waals surface area contributed by atoms with Crippen LogP contribution in [0.1, 0.15) is 5.56 Å². The Morgan fingerprint density at radius 2 is 2.26 bits per heavy atom. The highest BCUT2D eigenvalue weighted by Crippen LogP contribution is 2.22. The van der Waals surface area contributed by atoms with Gasteiger partial charge in [0.25, 0.3) is 0 Å². The fourth-order valence-corrected chi connectivity index (χ4v) is 2.48. The van der Waals surface area contributed by atoms with Crippen LogP contribution in [0.3, 0.4) is 0 Å². The first kappa shape index (κ1) is 11.9. The standard InChI is InChI=1S/C13H15N5O/c14-5-10-1-2-12(16-6-10)18-7-11(8-18)17-4-3-15-13(19)9-17/h1-2,6,11H,3-4,7-9H2,(H,15,19). The number of rotatable bonds is 2. The van der Waals surface area contributed by atoms with E-state index in [1.165, 1.54) is 0 Å². The summed E-state index contributed by atoms with van der Waals surface area (Å²) in [5, 5.41) is 11.6. The number of hydrogen-bond donors (Lipinski definition) is 1. The number of nitrogens with zero attached hydrogens (tertiary/aromatic N) is 4. The molecule has 1 amide bonds. The van der Waals surface area contributed by atoms with E-state index in [0.717, 1.165) is 32.0 Å². The molecule has 6 heteroatoms. The molecule has 0 saturated carbocycles. The zero-order valence-electron chi connectivity index (χ0n) is 10.5. The summed E-state index contributed by atoms with van der Waals surface area (Å²) in [6, 6.07) is 6.15. The second kappa shape index (κ2) is 4.86. The van der Waals surface area contributed by atoms with Crippen molar-refractivity contribution < 1.29 is 4.79 Å². The Bertz CT molecular complexity index is 515. The summed E-state index contributed by atoms with van der Waals surface area (Å²) in [4.78, 5) is 20.0. The van der Waals surface area contributed by atoms with Crippen LogP contribution in [0.2, 0.25) is 0 Å². The Hall–Kier alpha value is -2.13. The van der Waals surface area contributed by atoms with E-state index in [2.05, 4.69) is 26.2 Å². The average Bonchev–Trinajstić information content (AvgIpc) is 2.38. The van der Waals surface area contributed by atoms with E-state index in [1.807, 2.05) is 6.07 Å². The number of nitriles is 1. The summed E-state index contributed by atoms with van der Waals surface area (Å²) < 4.78 is 0. The van der Waals surface area contributed by atoms with Gasteiger partial charge in [-0.05, 0) is 12.1 Å². The molecule has 0 aromatic carbocycles. The second-order valence-corrected chi connectivity index (χ2v) is 4.90. The zero-order chi connectivity index (χ0) is 13.2. The number of carbonyl (C=O) groups excluding carboxylic acids is 1. The lowest BCUT2D eigenvalue weighted by Gasteiger charge is -2.46. The van der Waals surface area contributed by atoms with Crippen LogP contribution < -0.4 is 10.2 Å². The fraction of sp³-hybridized carbons (Fsp3) is 0.462. The molecule has 0 unspecified atom stereocenters. The molecule has 0 aliphatic carbocycles. The van der Waals surface area contributed by atoms with Crippen LogP contribution in [0, 0.1) is 11.3 Å². The lowest BCUT2D eigenvalue weighted by Crippen LogP contribution is -2.64. The van der Waals surface area contributed by atoms with E-state index < -0.39 is 0 Å². The maximum Gasteiger partial charge on any atom is 0.234 e. The predicted octanol–water partition coefficient (Wildman–Crippen LogP) is -0.426. The SMILES string of the molecule is N#Cc1ccc(N2CC(N3CCNC(=O)C3)C2)nc1. The largest absolute Gasteiger partial charge is 0.354 e. The predicted molar refractivity (Wildman–Crippen MR) is 69.5 cm³/mol. The smallest absolute Gasteiger partial charge is 0.234 e. The fourth-order valence-electron chi connectivity index (χ4n) is 2.48. The number of nitrogens with one attached hydrogen (secondary N) is 1. The van der Waals surface area contributed by atoms with Gasteiger partial charge in [-0.3, -0.25) is 9.69 Å². The van der Waals surface area contributed by atoms with E-state index in [-0.39, 0.29) is 5.91 Å². The van der Waals surface area contributed by atoms with Gasteiger partial charge in [0, 0.05) is 38.4 Å². The number of carbonyl (C=O) groups is 1. The van der Waals surface area contributed by atoms with Crippen molar-refractivity contribution in [3.8, 4) is 6.07 Å². The minimum atomic E-state index is 0.112. The molecule has 2 fully saturated rings. The molecule has 2 saturated heterocycles. The molecule has 1 aromatic rings. The van der Waals surface area contributed by atoms with Crippen LogP contribution >= 0.6 is 0 Å². The van der Waals surface area contributed by atoms with Gasteiger partial charge < -0.3 is 10.2 Å². The summed E-state index contributed by atoms with van der Waals surface area (Å²) in [6.45, 7) is 3.95. The van der Waals surface area contributed by atoms with Crippen molar-refractivity contribution in [2.24, 2.45) is 0 Å².